The van der Waals surface area contributed by atoms with Gasteiger partial charge in [0.15, 0.2) is 0 Å². The molecular formula is C10H11N5. The zero-order chi connectivity index (χ0) is 10.5. The molecule has 1 heterocycles. The van der Waals surface area contributed by atoms with Gasteiger partial charge in [-0.2, -0.15) is 4.80 Å². The van der Waals surface area contributed by atoms with Gasteiger partial charge < -0.3 is 5.41 Å². The summed E-state index contributed by atoms with van der Waals surface area (Å²) in [4.78, 5) is 1.51. The first kappa shape index (κ1) is 9.51. The van der Waals surface area contributed by atoms with E-state index in [0.717, 1.165) is 5.56 Å². The summed E-state index contributed by atoms with van der Waals surface area (Å²) in [6.45, 7) is 0.601. The highest BCUT2D eigenvalue weighted by Crippen LogP contribution is 2.11. The Labute approximate surface area is 87.3 Å². The molecule has 0 spiro atoms. The van der Waals surface area contributed by atoms with Crippen LogP contribution in [0.3, 0.4) is 0 Å². The number of benzene rings is 1. The van der Waals surface area contributed by atoms with Crippen LogP contribution in [0.5, 0.6) is 0 Å². The summed E-state index contributed by atoms with van der Waals surface area (Å²) >= 11 is 0. The summed E-state index contributed by atoms with van der Waals surface area (Å²) in [6.07, 6.45) is 1.97. The molecule has 5 nitrogen and oxygen atoms in total. The van der Waals surface area contributed by atoms with E-state index in [9.17, 15) is 0 Å². The minimum atomic E-state index is 0.601. The zero-order valence-electron chi connectivity index (χ0n) is 8.17. The lowest BCUT2D eigenvalue weighted by molar-refractivity contribution is 0.537. The first-order valence-corrected chi connectivity index (χ1v) is 4.72. The molecule has 0 saturated carbocycles. The lowest BCUT2D eigenvalue weighted by Crippen LogP contribution is -2.02. The van der Waals surface area contributed by atoms with E-state index in [1.54, 1.807) is 0 Å². The monoisotopic (exact) mass is 201 g/mol. The highest BCUT2D eigenvalue weighted by Gasteiger charge is 2.03. The van der Waals surface area contributed by atoms with Crippen LogP contribution >= 0.6 is 0 Å². The Kier molecular flexibility index (Phi) is 2.82. The van der Waals surface area contributed by atoms with E-state index in [1.165, 1.54) is 11.0 Å². The fraction of sp³-hybridized carbons (Fsp3) is 0.200. The maximum absolute atomic E-state index is 6.91. The summed E-state index contributed by atoms with van der Waals surface area (Å²) in [7, 11) is 0. The second kappa shape index (κ2) is 4.45. The standard InChI is InChI=1S/C10H11N5/c11-7-4-8-15-13-10(12-14-15)9-5-2-1-3-6-9/h1-3,5-7,11H,4,8H2. The van der Waals surface area contributed by atoms with E-state index < -0.39 is 0 Å². The van der Waals surface area contributed by atoms with Crippen LogP contribution in [-0.4, -0.2) is 26.4 Å². The average molecular weight is 201 g/mol. The van der Waals surface area contributed by atoms with Crippen LogP contribution in [0.2, 0.25) is 0 Å². The van der Waals surface area contributed by atoms with Crippen LogP contribution in [0, 0.1) is 5.41 Å². The van der Waals surface area contributed by atoms with Crippen molar-refractivity contribution in [3.63, 3.8) is 0 Å². The van der Waals surface area contributed by atoms with Crippen molar-refractivity contribution >= 4 is 6.21 Å². The lowest BCUT2D eigenvalue weighted by Gasteiger charge is -1.93. The normalized spacial score (nSPS) is 10.1. The van der Waals surface area contributed by atoms with Gasteiger partial charge in [-0.25, -0.2) is 0 Å². The number of aromatic nitrogens is 4. The quantitative estimate of drug-likeness (QED) is 0.760. The molecule has 0 fully saturated rings. The van der Waals surface area contributed by atoms with Crippen LogP contribution in [-0.2, 0) is 6.54 Å². The zero-order valence-corrected chi connectivity index (χ0v) is 8.17. The van der Waals surface area contributed by atoms with Gasteiger partial charge >= 0.3 is 0 Å². The Hall–Kier alpha value is -2.04. The fourth-order valence-corrected chi connectivity index (χ4v) is 1.22. The first-order chi connectivity index (χ1) is 7.40. The van der Waals surface area contributed by atoms with E-state index >= 15 is 0 Å². The number of rotatable bonds is 4. The molecule has 0 atom stereocenters. The van der Waals surface area contributed by atoms with Crippen LogP contribution < -0.4 is 0 Å². The van der Waals surface area contributed by atoms with Crippen LogP contribution in [0.1, 0.15) is 6.42 Å². The van der Waals surface area contributed by atoms with Crippen molar-refractivity contribution < 1.29 is 0 Å². The van der Waals surface area contributed by atoms with Gasteiger partial charge in [0, 0.05) is 12.0 Å². The molecular weight excluding hydrogens is 190 g/mol. The molecule has 0 amide bonds. The molecule has 1 aromatic heterocycles. The number of hydrogen-bond donors (Lipinski definition) is 1. The molecule has 2 aromatic rings. The summed E-state index contributed by atoms with van der Waals surface area (Å²) in [5.74, 6) is 0.626. The third-order valence-corrected chi connectivity index (χ3v) is 1.96. The Bertz CT molecular complexity index is 434. The van der Waals surface area contributed by atoms with Gasteiger partial charge in [-0.05, 0) is 11.4 Å². The van der Waals surface area contributed by atoms with Gasteiger partial charge in [-0.3, -0.25) is 0 Å². The minimum absolute atomic E-state index is 0.601. The number of nitrogens with zero attached hydrogens (tertiary/aromatic N) is 4. The molecule has 0 aliphatic carbocycles. The van der Waals surface area contributed by atoms with Crippen molar-refractivity contribution in [1.82, 2.24) is 20.2 Å². The second-order valence-corrected chi connectivity index (χ2v) is 3.07. The van der Waals surface area contributed by atoms with E-state index in [2.05, 4.69) is 15.4 Å². The van der Waals surface area contributed by atoms with E-state index in [4.69, 9.17) is 5.41 Å². The number of tetrazole rings is 1. The maximum Gasteiger partial charge on any atom is 0.204 e. The van der Waals surface area contributed by atoms with Gasteiger partial charge in [0.2, 0.25) is 5.82 Å². The SMILES string of the molecule is N=CCCn1nnc(-c2ccccc2)n1. The Morgan fingerprint density at radius 2 is 2.07 bits per heavy atom. The lowest BCUT2D eigenvalue weighted by atomic mass is 10.2. The van der Waals surface area contributed by atoms with Crippen molar-refractivity contribution in [1.29, 1.82) is 5.41 Å². The van der Waals surface area contributed by atoms with Crippen molar-refractivity contribution in [2.24, 2.45) is 0 Å². The molecule has 0 bridgehead atoms. The van der Waals surface area contributed by atoms with Crippen LogP contribution in [0.25, 0.3) is 11.4 Å². The molecule has 1 aromatic carbocycles. The predicted molar refractivity (Wildman–Crippen MR) is 56.7 cm³/mol. The average Bonchev–Trinajstić information content (AvgIpc) is 2.76. The van der Waals surface area contributed by atoms with E-state index in [0.29, 0.717) is 18.8 Å². The highest BCUT2D eigenvalue weighted by molar-refractivity contribution is 5.53. The van der Waals surface area contributed by atoms with Crippen molar-refractivity contribution in [3.8, 4) is 11.4 Å². The summed E-state index contributed by atoms with van der Waals surface area (Å²) in [5, 5.41) is 19.0. The molecule has 1 N–H and O–H groups in total. The molecule has 76 valence electrons. The molecule has 5 heteroatoms. The van der Waals surface area contributed by atoms with E-state index in [1.807, 2.05) is 30.3 Å². The molecule has 0 unspecified atom stereocenters. The molecule has 15 heavy (non-hydrogen) atoms. The fourth-order valence-electron chi connectivity index (χ4n) is 1.22. The van der Waals surface area contributed by atoms with Gasteiger partial charge in [-0.15, -0.1) is 10.2 Å². The minimum Gasteiger partial charge on any atom is -0.313 e. The Balaban J connectivity index is 2.17. The van der Waals surface area contributed by atoms with Gasteiger partial charge in [-0.1, -0.05) is 30.3 Å². The summed E-state index contributed by atoms with van der Waals surface area (Å²) in [6, 6.07) is 9.71. The molecule has 2 rings (SSSR count). The molecule has 0 saturated heterocycles. The molecule has 0 radical (unpaired) electrons. The van der Waals surface area contributed by atoms with E-state index in [-0.39, 0.29) is 0 Å². The van der Waals surface area contributed by atoms with Gasteiger partial charge in [0.1, 0.15) is 0 Å². The van der Waals surface area contributed by atoms with Crippen molar-refractivity contribution in [3.05, 3.63) is 30.3 Å². The van der Waals surface area contributed by atoms with Crippen molar-refractivity contribution in [2.45, 2.75) is 13.0 Å². The topological polar surface area (TPSA) is 67.5 Å². The molecule has 0 aliphatic rings. The number of aryl methyl sites for hydroxylation is 1. The second-order valence-electron chi connectivity index (χ2n) is 3.07. The van der Waals surface area contributed by atoms with Gasteiger partial charge in [0.25, 0.3) is 0 Å². The number of nitrogens with one attached hydrogen (secondary N) is 1. The third-order valence-electron chi connectivity index (χ3n) is 1.96. The highest BCUT2D eigenvalue weighted by atomic mass is 15.6. The molecule has 0 aliphatic heterocycles. The first-order valence-electron chi connectivity index (χ1n) is 4.72. The Morgan fingerprint density at radius 3 is 2.80 bits per heavy atom. The summed E-state index contributed by atoms with van der Waals surface area (Å²) < 4.78 is 0. The third kappa shape index (κ3) is 2.25. The smallest absolute Gasteiger partial charge is 0.204 e. The van der Waals surface area contributed by atoms with Crippen LogP contribution in [0.4, 0.5) is 0 Å². The number of hydrogen-bond acceptors (Lipinski definition) is 4. The van der Waals surface area contributed by atoms with Crippen LogP contribution in [0.15, 0.2) is 30.3 Å². The summed E-state index contributed by atoms with van der Waals surface area (Å²) in [5.41, 5.74) is 0.957. The Morgan fingerprint density at radius 1 is 1.27 bits per heavy atom. The van der Waals surface area contributed by atoms with Gasteiger partial charge in [0.05, 0.1) is 6.54 Å². The van der Waals surface area contributed by atoms with Crippen molar-refractivity contribution in [2.75, 3.05) is 0 Å². The predicted octanol–water partition coefficient (Wildman–Crippen LogP) is 1.38. The maximum atomic E-state index is 6.91. The largest absolute Gasteiger partial charge is 0.313 e.